The number of rotatable bonds is 6. The summed E-state index contributed by atoms with van der Waals surface area (Å²) in [4.78, 5) is 27.9. The molecule has 0 unspecified atom stereocenters. The molecule has 0 aliphatic carbocycles. The molecule has 0 bridgehead atoms. The maximum atomic E-state index is 13.2. The fourth-order valence-electron chi connectivity index (χ4n) is 3.56. The molecule has 0 saturated carbocycles. The molecule has 3 rings (SSSR count). The summed E-state index contributed by atoms with van der Waals surface area (Å²) in [6.07, 6.45) is 0.827. The molecule has 6 heteroatoms. The number of methoxy groups -OCH3 is 2. The van der Waals surface area contributed by atoms with E-state index in [9.17, 15) is 9.59 Å². The second kappa shape index (κ2) is 8.99. The first-order valence-corrected chi connectivity index (χ1v) is 9.82. The Hall–Kier alpha value is -3.02. The van der Waals surface area contributed by atoms with Gasteiger partial charge in [0, 0.05) is 24.7 Å². The van der Waals surface area contributed by atoms with E-state index >= 15 is 0 Å². The highest BCUT2D eigenvalue weighted by atomic mass is 16.5. The number of carbonyl (C=O) groups excluding carboxylic acids is 2. The summed E-state index contributed by atoms with van der Waals surface area (Å²) in [7, 11) is 3.07. The van der Waals surface area contributed by atoms with Crippen molar-refractivity contribution in [3.63, 3.8) is 0 Å². The first-order chi connectivity index (χ1) is 13.9. The third kappa shape index (κ3) is 4.70. The Labute approximate surface area is 171 Å². The van der Waals surface area contributed by atoms with Gasteiger partial charge < -0.3 is 19.7 Å². The summed E-state index contributed by atoms with van der Waals surface area (Å²) in [5, 5.41) is 2.92. The molecule has 0 radical (unpaired) electrons. The van der Waals surface area contributed by atoms with Crippen LogP contribution in [0.25, 0.3) is 0 Å². The Morgan fingerprint density at radius 1 is 1.00 bits per heavy atom. The van der Waals surface area contributed by atoms with Crippen LogP contribution in [0.2, 0.25) is 0 Å². The molecule has 1 aliphatic rings. The van der Waals surface area contributed by atoms with Gasteiger partial charge in [0.05, 0.1) is 14.2 Å². The second-order valence-electron chi connectivity index (χ2n) is 7.57. The number of benzene rings is 2. The quantitative estimate of drug-likeness (QED) is 0.815. The van der Waals surface area contributed by atoms with Crippen LogP contribution in [-0.4, -0.2) is 43.5 Å². The third-order valence-corrected chi connectivity index (χ3v) is 5.28. The highest BCUT2D eigenvalue weighted by Gasteiger charge is 2.31. The number of nitrogens with one attached hydrogen (secondary N) is 1. The lowest BCUT2D eigenvalue weighted by molar-refractivity contribution is -0.135. The van der Waals surface area contributed by atoms with Gasteiger partial charge in [-0.05, 0) is 35.6 Å². The van der Waals surface area contributed by atoms with Crippen LogP contribution < -0.4 is 14.8 Å². The summed E-state index contributed by atoms with van der Waals surface area (Å²) >= 11 is 0. The molecule has 2 aromatic rings. The Kier molecular flexibility index (Phi) is 6.42. The lowest BCUT2D eigenvalue weighted by atomic mass is 9.97. The summed E-state index contributed by atoms with van der Waals surface area (Å²) in [5.41, 5.74) is 2.84. The van der Waals surface area contributed by atoms with Gasteiger partial charge >= 0.3 is 0 Å². The van der Waals surface area contributed by atoms with Crippen molar-refractivity contribution >= 4 is 11.8 Å². The predicted octanol–water partition coefficient (Wildman–Crippen LogP) is 3.04. The van der Waals surface area contributed by atoms with Gasteiger partial charge in [0.2, 0.25) is 5.91 Å². The topological polar surface area (TPSA) is 67.9 Å². The molecule has 1 aliphatic heterocycles. The van der Waals surface area contributed by atoms with Crippen molar-refractivity contribution in [3.8, 4) is 11.5 Å². The number of amides is 2. The molecular formula is C23H28N2O4. The van der Waals surface area contributed by atoms with Crippen molar-refractivity contribution in [2.24, 2.45) is 5.92 Å². The number of nitrogens with zero attached hydrogens (tertiary/aromatic N) is 1. The minimum atomic E-state index is -0.607. The van der Waals surface area contributed by atoms with Crippen LogP contribution in [0, 0.1) is 5.92 Å². The van der Waals surface area contributed by atoms with E-state index in [2.05, 4.69) is 17.4 Å². The first kappa shape index (κ1) is 20.7. The van der Waals surface area contributed by atoms with E-state index in [-0.39, 0.29) is 17.7 Å². The molecule has 29 heavy (non-hydrogen) atoms. The van der Waals surface area contributed by atoms with Crippen LogP contribution in [0.15, 0.2) is 42.5 Å². The van der Waals surface area contributed by atoms with E-state index in [1.165, 1.54) is 25.3 Å². The van der Waals surface area contributed by atoms with Gasteiger partial charge in [0.1, 0.15) is 17.5 Å². The van der Waals surface area contributed by atoms with E-state index in [1.54, 1.807) is 18.2 Å². The van der Waals surface area contributed by atoms with Crippen molar-refractivity contribution in [2.75, 3.05) is 20.8 Å². The molecule has 0 fully saturated rings. The zero-order valence-corrected chi connectivity index (χ0v) is 17.4. The van der Waals surface area contributed by atoms with Gasteiger partial charge in [-0.1, -0.05) is 38.1 Å². The number of fused-ring (bicyclic) bond motifs is 1. The van der Waals surface area contributed by atoms with E-state index in [1.807, 2.05) is 30.9 Å². The first-order valence-electron chi connectivity index (χ1n) is 9.82. The zero-order valence-electron chi connectivity index (χ0n) is 17.4. The molecule has 2 amide bonds. The molecule has 154 valence electrons. The van der Waals surface area contributed by atoms with Crippen LogP contribution in [0.1, 0.15) is 35.3 Å². The highest BCUT2D eigenvalue weighted by molar-refractivity contribution is 5.98. The van der Waals surface area contributed by atoms with Gasteiger partial charge in [-0.2, -0.15) is 0 Å². The second-order valence-corrected chi connectivity index (χ2v) is 7.57. The van der Waals surface area contributed by atoms with Crippen molar-refractivity contribution < 1.29 is 19.1 Å². The molecule has 0 saturated heterocycles. The fraction of sp³-hybridized carbons (Fsp3) is 0.391. The monoisotopic (exact) mass is 396 g/mol. The van der Waals surface area contributed by atoms with Gasteiger partial charge in [-0.15, -0.1) is 0 Å². The fourth-order valence-corrected chi connectivity index (χ4v) is 3.56. The maximum Gasteiger partial charge on any atom is 0.252 e. The van der Waals surface area contributed by atoms with Gasteiger partial charge in [-0.25, -0.2) is 0 Å². The number of carbonyl (C=O) groups is 2. The molecule has 1 atom stereocenters. The van der Waals surface area contributed by atoms with Crippen LogP contribution in [0.4, 0.5) is 0 Å². The highest BCUT2D eigenvalue weighted by Crippen LogP contribution is 2.23. The smallest absolute Gasteiger partial charge is 0.252 e. The van der Waals surface area contributed by atoms with E-state index in [0.717, 1.165) is 6.42 Å². The average molecular weight is 396 g/mol. The Morgan fingerprint density at radius 3 is 2.21 bits per heavy atom. The standard InChI is InChI=1S/C23H28N2O4/c1-15(2)21(23(27)25-10-9-16-7-5-6-8-17(16)14-25)24-22(26)18-11-19(28-3)13-20(12-18)29-4/h5-8,11-13,15,21H,9-10,14H2,1-4H3,(H,24,26)/t21-/m1/s1. The summed E-state index contributed by atoms with van der Waals surface area (Å²) in [5.74, 6) is 0.615. The van der Waals surface area contributed by atoms with Gasteiger partial charge in [0.25, 0.3) is 5.91 Å². The van der Waals surface area contributed by atoms with E-state index in [4.69, 9.17) is 9.47 Å². The lowest BCUT2D eigenvalue weighted by Crippen LogP contribution is -2.52. The van der Waals surface area contributed by atoms with Crippen LogP contribution >= 0.6 is 0 Å². The third-order valence-electron chi connectivity index (χ3n) is 5.28. The zero-order chi connectivity index (χ0) is 21.0. The molecular weight excluding hydrogens is 368 g/mol. The molecule has 0 aromatic heterocycles. The van der Waals surface area contributed by atoms with Crippen LogP contribution in [-0.2, 0) is 17.8 Å². The SMILES string of the molecule is COc1cc(OC)cc(C(=O)N[C@@H](C(=O)N2CCc3ccccc3C2)C(C)C)c1. The average Bonchev–Trinajstić information content (AvgIpc) is 2.75. The minimum Gasteiger partial charge on any atom is -0.497 e. The summed E-state index contributed by atoms with van der Waals surface area (Å²) < 4.78 is 10.5. The molecule has 2 aromatic carbocycles. The van der Waals surface area contributed by atoms with Crippen molar-refractivity contribution in [1.29, 1.82) is 0 Å². The number of hydrogen-bond acceptors (Lipinski definition) is 4. The predicted molar refractivity (Wildman–Crippen MR) is 111 cm³/mol. The Balaban J connectivity index is 1.77. The largest absolute Gasteiger partial charge is 0.497 e. The summed E-state index contributed by atoms with van der Waals surface area (Å²) in [6, 6.07) is 12.5. The molecule has 1 heterocycles. The Morgan fingerprint density at radius 2 is 1.62 bits per heavy atom. The molecule has 0 spiro atoms. The van der Waals surface area contributed by atoms with Crippen LogP contribution in [0.5, 0.6) is 11.5 Å². The minimum absolute atomic E-state index is 0.0453. The van der Waals surface area contributed by atoms with Crippen molar-refractivity contribution in [2.45, 2.75) is 32.9 Å². The van der Waals surface area contributed by atoms with Gasteiger partial charge in [0.15, 0.2) is 0 Å². The van der Waals surface area contributed by atoms with E-state index < -0.39 is 6.04 Å². The van der Waals surface area contributed by atoms with Crippen LogP contribution in [0.3, 0.4) is 0 Å². The normalized spacial score (nSPS) is 14.2. The Bertz CT molecular complexity index is 872. The molecule has 6 nitrogen and oxygen atoms in total. The lowest BCUT2D eigenvalue weighted by Gasteiger charge is -2.33. The van der Waals surface area contributed by atoms with Crippen molar-refractivity contribution in [1.82, 2.24) is 10.2 Å². The molecule has 1 N–H and O–H groups in total. The summed E-state index contributed by atoms with van der Waals surface area (Å²) in [6.45, 7) is 5.10. The van der Waals surface area contributed by atoms with Gasteiger partial charge in [-0.3, -0.25) is 9.59 Å². The maximum absolute atomic E-state index is 13.2. The van der Waals surface area contributed by atoms with Crippen molar-refractivity contribution in [3.05, 3.63) is 59.2 Å². The van der Waals surface area contributed by atoms with E-state index in [0.29, 0.717) is 30.2 Å². The number of ether oxygens (including phenoxy) is 2. The number of hydrogen-bond donors (Lipinski definition) is 1.